The molecule has 0 atom stereocenters. The van der Waals surface area contributed by atoms with Gasteiger partial charge in [-0.15, -0.1) is 5.10 Å². The fraction of sp³-hybridized carbons (Fsp3) is 0.0625. The van der Waals surface area contributed by atoms with E-state index in [0.717, 1.165) is 11.3 Å². The summed E-state index contributed by atoms with van der Waals surface area (Å²) in [4.78, 5) is 12.1. The Bertz CT molecular complexity index is 814. The first-order valence-electron chi connectivity index (χ1n) is 6.69. The topological polar surface area (TPSA) is 59.8 Å². The highest BCUT2D eigenvalue weighted by Crippen LogP contribution is 2.16. The van der Waals surface area contributed by atoms with Crippen molar-refractivity contribution in [3.63, 3.8) is 0 Å². The van der Waals surface area contributed by atoms with Crippen molar-refractivity contribution in [2.45, 2.75) is 6.92 Å². The molecule has 1 aromatic heterocycles. The van der Waals surface area contributed by atoms with Gasteiger partial charge in [0.15, 0.2) is 5.69 Å². The van der Waals surface area contributed by atoms with Crippen LogP contribution in [0.2, 0.25) is 0 Å². The maximum atomic E-state index is 13.7. The van der Waals surface area contributed by atoms with Crippen molar-refractivity contribution in [2.75, 3.05) is 5.32 Å². The molecule has 0 aliphatic heterocycles. The monoisotopic (exact) mass is 296 g/mol. The molecular weight excluding hydrogens is 283 g/mol. The van der Waals surface area contributed by atoms with E-state index >= 15 is 0 Å². The first-order valence-corrected chi connectivity index (χ1v) is 6.69. The summed E-state index contributed by atoms with van der Waals surface area (Å²) in [6.45, 7) is 1.82. The van der Waals surface area contributed by atoms with Crippen LogP contribution in [0.5, 0.6) is 0 Å². The smallest absolute Gasteiger partial charge is 0.277 e. The molecule has 1 amide bonds. The number of nitrogens with zero attached hydrogens (tertiary/aromatic N) is 3. The third-order valence-electron chi connectivity index (χ3n) is 3.12. The van der Waals surface area contributed by atoms with E-state index in [9.17, 15) is 9.18 Å². The van der Waals surface area contributed by atoms with Gasteiger partial charge in [0.1, 0.15) is 5.82 Å². The molecule has 110 valence electrons. The molecule has 0 bridgehead atoms. The van der Waals surface area contributed by atoms with Gasteiger partial charge in [-0.25, -0.2) is 9.07 Å². The van der Waals surface area contributed by atoms with Crippen LogP contribution in [0.3, 0.4) is 0 Å². The number of halogens is 1. The Morgan fingerprint density at radius 3 is 2.73 bits per heavy atom. The summed E-state index contributed by atoms with van der Waals surface area (Å²) < 4.78 is 15.1. The van der Waals surface area contributed by atoms with E-state index in [1.54, 1.807) is 12.1 Å². The average Bonchev–Trinajstić information content (AvgIpc) is 3.02. The molecule has 2 aromatic carbocycles. The summed E-state index contributed by atoms with van der Waals surface area (Å²) in [5, 5.41) is 10.2. The normalized spacial score (nSPS) is 10.5. The summed E-state index contributed by atoms with van der Waals surface area (Å²) in [6.07, 6.45) is 1.50. The number of amides is 1. The summed E-state index contributed by atoms with van der Waals surface area (Å²) >= 11 is 0. The summed E-state index contributed by atoms with van der Waals surface area (Å²) in [7, 11) is 0. The fourth-order valence-corrected chi connectivity index (χ4v) is 2.00. The van der Waals surface area contributed by atoms with Gasteiger partial charge in [-0.1, -0.05) is 29.5 Å². The van der Waals surface area contributed by atoms with Crippen LogP contribution in [0.15, 0.2) is 54.7 Å². The molecule has 0 fully saturated rings. The second-order valence-electron chi connectivity index (χ2n) is 4.82. The van der Waals surface area contributed by atoms with Crippen LogP contribution < -0.4 is 5.32 Å². The minimum atomic E-state index is -0.508. The van der Waals surface area contributed by atoms with Gasteiger partial charge in [0.05, 0.1) is 17.6 Å². The van der Waals surface area contributed by atoms with Crippen LogP contribution in [-0.4, -0.2) is 20.9 Å². The van der Waals surface area contributed by atoms with Gasteiger partial charge >= 0.3 is 0 Å². The first kappa shape index (κ1) is 13.9. The second kappa shape index (κ2) is 5.77. The predicted octanol–water partition coefficient (Wildman–Crippen LogP) is 2.97. The quantitative estimate of drug-likeness (QED) is 0.808. The van der Waals surface area contributed by atoms with Crippen molar-refractivity contribution in [1.29, 1.82) is 0 Å². The van der Waals surface area contributed by atoms with E-state index in [4.69, 9.17) is 0 Å². The third kappa shape index (κ3) is 2.85. The van der Waals surface area contributed by atoms with Crippen molar-refractivity contribution in [3.8, 4) is 5.69 Å². The van der Waals surface area contributed by atoms with E-state index in [0.29, 0.717) is 0 Å². The third-order valence-corrected chi connectivity index (χ3v) is 3.12. The standard InChI is InChI=1S/C16H13FN4O/c1-11-7-8-13(17)14(9-11)18-16(22)15-10-21(20-19-15)12-5-3-2-4-6-12/h2-10H,1H3,(H,18,22). The van der Waals surface area contributed by atoms with Crippen LogP contribution in [0.4, 0.5) is 10.1 Å². The Kier molecular flexibility index (Phi) is 3.65. The lowest BCUT2D eigenvalue weighted by Crippen LogP contribution is -2.13. The van der Waals surface area contributed by atoms with Gasteiger partial charge in [0.25, 0.3) is 5.91 Å². The number of aromatic nitrogens is 3. The maximum Gasteiger partial charge on any atom is 0.277 e. The van der Waals surface area contributed by atoms with Crippen molar-refractivity contribution in [1.82, 2.24) is 15.0 Å². The van der Waals surface area contributed by atoms with E-state index in [1.165, 1.54) is 16.9 Å². The van der Waals surface area contributed by atoms with Crippen LogP contribution in [-0.2, 0) is 0 Å². The summed E-state index contributed by atoms with van der Waals surface area (Å²) in [6, 6.07) is 13.8. The minimum Gasteiger partial charge on any atom is -0.318 e. The number of aryl methyl sites for hydroxylation is 1. The Morgan fingerprint density at radius 1 is 1.18 bits per heavy atom. The lowest BCUT2D eigenvalue weighted by molar-refractivity contribution is 0.102. The molecule has 0 unspecified atom stereocenters. The zero-order valence-electron chi connectivity index (χ0n) is 11.8. The second-order valence-corrected chi connectivity index (χ2v) is 4.82. The van der Waals surface area contributed by atoms with Gasteiger partial charge in [-0.2, -0.15) is 0 Å². The Morgan fingerprint density at radius 2 is 1.95 bits per heavy atom. The van der Waals surface area contributed by atoms with Gasteiger partial charge in [-0.3, -0.25) is 4.79 Å². The van der Waals surface area contributed by atoms with Crippen molar-refractivity contribution in [3.05, 3.63) is 71.8 Å². The SMILES string of the molecule is Cc1ccc(F)c(NC(=O)c2cn(-c3ccccc3)nn2)c1. The average molecular weight is 296 g/mol. The minimum absolute atomic E-state index is 0.116. The lowest BCUT2D eigenvalue weighted by Gasteiger charge is -2.05. The number of hydrogen-bond acceptors (Lipinski definition) is 3. The van der Waals surface area contributed by atoms with Crippen LogP contribution in [0.25, 0.3) is 5.69 Å². The van der Waals surface area contributed by atoms with Gasteiger partial charge < -0.3 is 5.32 Å². The van der Waals surface area contributed by atoms with Gasteiger partial charge in [-0.05, 0) is 36.8 Å². The van der Waals surface area contributed by atoms with Crippen molar-refractivity contribution >= 4 is 11.6 Å². The molecule has 0 aliphatic rings. The first-order chi connectivity index (χ1) is 10.6. The number of anilines is 1. The molecule has 0 spiro atoms. The molecule has 0 radical (unpaired) electrons. The molecule has 3 aromatic rings. The number of carbonyl (C=O) groups is 1. The fourth-order valence-electron chi connectivity index (χ4n) is 2.00. The highest BCUT2D eigenvalue weighted by Gasteiger charge is 2.13. The van der Waals surface area contributed by atoms with Gasteiger partial charge in [0, 0.05) is 0 Å². The number of carbonyl (C=O) groups excluding carboxylic acids is 1. The molecule has 1 N–H and O–H groups in total. The molecule has 5 nitrogen and oxygen atoms in total. The van der Waals surface area contributed by atoms with E-state index < -0.39 is 11.7 Å². The van der Waals surface area contributed by atoms with E-state index in [2.05, 4.69) is 15.6 Å². The number of benzene rings is 2. The number of para-hydroxylation sites is 1. The van der Waals surface area contributed by atoms with E-state index in [1.807, 2.05) is 37.3 Å². The molecule has 1 heterocycles. The summed E-state index contributed by atoms with van der Waals surface area (Å²) in [5.41, 5.74) is 1.88. The maximum absolute atomic E-state index is 13.7. The molecular formula is C16H13FN4O. The number of hydrogen-bond donors (Lipinski definition) is 1. The lowest BCUT2D eigenvalue weighted by atomic mass is 10.2. The largest absolute Gasteiger partial charge is 0.318 e. The Hall–Kier alpha value is -3.02. The molecule has 6 heteroatoms. The van der Waals surface area contributed by atoms with Crippen LogP contribution >= 0.6 is 0 Å². The summed E-state index contributed by atoms with van der Waals surface area (Å²) in [5.74, 6) is -0.999. The van der Waals surface area contributed by atoms with Crippen molar-refractivity contribution in [2.24, 2.45) is 0 Å². The van der Waals surface area contributed by atoms with Gasteiger partial charge in [0.2, 0.25) is 0 Å². The Labute approximate surface area is 126 Å². The number of nitrogens with one attached hydrogen (secondary N) is 1. The van der Waals surface area contributed by atoms with Crippen LogP contribution in [0, 0.1) is 12.7 Å². The van der Waals surface area contributed by atoms with E-state index in [-0.39, 0.29) is 11.4 Å². The van der Waals surface area contributed by atoms with Crippen LogP contribution in [0.1, 0.15) is 16.1 Å². The highest BCUT2D eigenvalue weighted by molar-refractivity contribution is 6.02. The zero-order chi connectivity index (χ0) is 15.5. The molecule has 3 rings (SSSR count). The predicted molar refractivity (Wildman–Crippen MR) is 80.4 cm³/mol. The van der Waals surface area contributed by atoms with Crippen molar-refractivity contribution < 1.29 is 9.18 Å². The molecule has 22 heavy (non-hydrogen) atoms. The highest BCUT2D eigenvalue weighted by atomic mass is 19.1. The number of rotatable bonds is 3. The molecule has 0 aliphatic carbocycles. The Balaban J connectivity index is 1.81. The zero-order valence-corrected chi connectivity index (χ0v) is 11.8. The molecule has 0 saturated carbocycles. The molecule has 0 saturated heterocycles.